The SMILES string of the molecule is C[C@@H]([NH2+]CC(=O)Nc1ccc(N2CCOCC2)cc1)c1ccc(F)c(F)c1. The molecule has 1 heterocycles. The Kier molecular flexibility index (Phi) is 6.36. The van der Waals surface area contributed by atoms with Gasteiger partial charge in [0.2, 0.25) is 0 Å². The summed E-state index contributed by atoms with van der Waals surface area (Å²) in [5.74, 6) is -1.90. The Balaban J connectivity index is 1.49. The highest BCUT2D eigenvalue weighted by molar-refractivity contribution is 5.91. The maximum absolute atomic E-state index is 13.3. The third kappa shape index (κ3) is 5.24. The first-order chi connectivity index (χ1) is 13.0. The first kappa shape index (κ1) is 19.3. The standard InChI is InChI=1S/C20H23F2N3O2/c1-14(15-2-7-18(21)19(22)12-15)23-13-20(26)24-16-3-5-17(6-4-16)25-8-10-27-11-9-25/h2-7,12,14,23H,8-11,13H2,1H3,(H,24,26)/p+1/t14-/m1/s1. The highest BCUT2D eigenvalue weighted by Crippen LogP contribution is 2.19. The molecular weight excluding hydrogens is 352 g/mol. The van der Waals surface area contributed by atoms with Crippen LogP contribution in [0.25, 0.3) is 0 Å². The first-order valence-corrected chi connectivity index (χ1v) is 9.04. The smallest absolute Gasteiger partial charge is 0.279 e. The van der Waals surface area contributed by atoms with E-state index in [9.17, 15) is 13.6 Å². The van der Waals surface area contributed by atoms with Gasteiger partial charge in [0.25, 0.3) is 5.91 Å². The Hall–Kier alpha value is -2.51. The molecule has 3 N–H and O–H groups in total. The second-order valence-corrected chi connectivity index (χ2v) is 6.60. The van der Waals surface area contributed by atoms with Crippen LogP contribution in [0.4, 0.5) is 20.2 Å². The maximum Gasteiger partial charge on any atom is 0.279 e. The van der Waals surface area contributed by atoms with Gasteiger partial charge in [-0.3, -0.25) is 4.79 Å². The third-order valence-electron chi connectivity index (χ3n) is 4.65. The Morgan fingerprint density at radius 1 is 1.15 bits per heavy atom. The van der Waals surface area contributed by atoms with Gasteiger partial charge in [-0.15, -0.1) is 0 Å². The normalized spacial score (nSPS) is 15.4. The molecule has 0 aliphatic carbocycles. The third-order valence-corrected chi connectivity index (χ3v) is 4.65. The van der Waals surface area contributed by atoms with Crippen LogP contribution in [0, 0.1) is 11.6 Å². The molecule has 0 radical (unpaired) electrons. The monoisotopic (exact) mass is 376 g/mol. The molecule has 2 aromatic carbocycles. The van der Waals surface area contributed by atoms with Crippen LogP contribution < -0.4 is 15.5 Å². The lowest BCUT2D eigenvalue weighted by Gasteiger charge is -2.28. The molecule has 144 valence electrons. The van der Waals surface area contributed by atoms with Crippen molar-refractivity contribution in [3.8, 4) is 0 Å². The number of anilines is 2. The summed E-state index contributed by atoms with van der Waals surface area (Å²) in [6, 6.07) is 11.4. The summed E-state index contributed by atoms with van der Waals surface area (Å²) in [7, 11) is 0. The summed E-state index contributed by atoms with van der Waals surface area (Å²) in [4.78, 5) is 14.4. The maximum atomic E-state index is 13.3. The molecule has 2 aromatic rings. The van der Waals surface area contributed by atoms with E-state index in [4.69, 9.17) is 4.74 Å². The molecule has 1 aliphatic heterocycles. The Bertz CT molecular complexity index is 777. The number of carbonyl (C=O) groups is 1. The van der Waals surface area contributed by atoms with Gasteiger partial charge in [-0.05, 0) is 49.4 Å². The lowest BCUT2D eigenvalue weighted by molar-refractivity contribution is -0.682. The van der Waals surface area contributed by atoms with Crippen LogP contribution in [0.15, 0.2) is 42.5 Å². The van der Waals surface area contributed by atoms with Crippen molar-refractivity contribution in [1.29, 1.82) is 0 Å². The fourth-order valence-corrected chi connectivity index (χ4v) is 3.00. The molecule has 1 aliphatic rings. The second kappa shape index (κ2) is 8.92. The molecule has 1 amide bonds. The minimum absolute atomic E-state index is 0.149. The lowest BCUT2D eigenvalue weighted by atomic mass is 10.1. The predicted molar refractivity (Wildman–Crippen MR) is 99.7 cm³/mol. The van der Waals surface area contributed by atoms with Crippen molar-refractivity contribution in [1.82, 2.24) is 0 Å². The summed E-state index contributed by atoms with van der Waals surface area (Å²) in [6.07, 6.45) is 0. The largest absolute Gasteiger partial charge is 0.378 e. The number of halogens is 2. The molecule has 0 unspecified atom stereocenters. The van der Waals surface area contributed by atoms with Crippen LogP contribution >= 0.6 is 0 Å². The molecule has 0 saturated carbocycles. The van der Waals surface area contributed by atoms with Gasteiger partial charge in [0, 0.05) is 30.0 Å². The molecule has 1 saturated heterocycles. The Morgan fingerprint density at radius 3 is 2.52 bits per heavy atom. The van der Waals surface area contributed by atoms with Crippen LogP contribution in [0.5, 0.6) is 0 Å². The highest BCUT2D eigenvalue weighted by atomic mass is 19.2. The second-order valence-electron chi connectivity index (χ2n) is 6.60. The lowest BCUT2D eigenvalue weighted by Crippen LogP contribution is -2.86. The van der Waals surface area contributed by atoms with Crippen molar-refractivity contribution >= 4 is 17.3 Å². The molecule has 7 heteroatoms. The van der Waals surface area contributed by atoms with E-state index in [0.29, 0.717) is 5.56 Å². The van der Waals surface area contributed by atoms with E-state index in [-0.39, 0.29) is 18.5 Å². The van der Waals surface area contributed by atoms with Crippen molar-refractivity contribution in [2.75, 3.05) is 43.1 Å². The molecule has 27 heavy (non-hydrogen) atoms. The van der Waals surface area contributed by atoms with E-state index in [1.165, 1.54) is 12.1 Å². The number of hydrogen-bond donors (Lipinski definition) is 2. The van der Waals surface area contributed by atoms with Gasteiger partial charge in [-0.1, -0.05) is 0 Å². The number of carbonyl (C=O) groups excluding carboxylic acids is 1. The van der Waals surface area contributed by atoms with Crippen LogP contribution in [0.3, 0.4) is 0 Å². The number of rotatable bonds is 6. The van der Waals surface area contributed by atoms with Crippen molar-refractivity contribution in [2.24, 2.45) is 0 Å². The quantitative estimate of drug-likeness (QED) is 0.812. The molecule has 0 aromatic heterocycles. The number of amides is 1. The van der Waals surface area contributed by atoms with Gasteiger partial charge in [0.1, 0.15) is 6.04 Å². The summed E-state index contributed by atoms with van der Waals surface area (Å²) in [6.45, 7) is 5.21. The minimum atomic E-state index is -0.877. The highest BCUT2D eigenvalue weighted by Gasteiger charge is 2.15. The molecular formula is C20H24F2N3O2+. The van der Waals surface area contributed by atoms with Gasteiger partial charge >= 0.3 is 0 Å². The van der Waals surface area contributed by atoms with Crippen molar-refractivity contribution in [3.63, 3.8) is 0 Å². The minimum Gasteiger partial charge on any atom is -0.378 e. The summed E-state index contributed by atoms with van der Waals surface area (Å²) in [5.41, 5.74) is 2.47. The van der Waals surface area contributed by atoms with Crippen LogP contribution in [-0.4, -0.2) is 38.8 Å². The average molecular weight is 376 g/mol. The van der Waals surface area contributed by atoms with E-state index < -0.39 is 11.6 Å². The fraction of sp³-hybridized carbons (Fsp3) is 0.350. The molecule has 1 atom stereocenters. The molecule has 0 bridgehead atoms. The molecule has 1 fully saturated rings. The van der Waals surface area contributed by atoms with Crippen molar-refractivity contribution < 1.29 is 23.6 Å². The number of benzene rings is 2. The van der Waals surface area contributed by atoms with Gasteiger partial charge in [0.15, 0.2) is 18.2 Å². The predicted octanol–water partition coefficient (Wildman–Crippen LogP) is 2.06. The van der Waals surface area contributed by atoms with Crippen LogP contribution in [0.1, 0.15) is 18.5 Å². The van der Waals surface area contributed by atoms with Gasteiger partial charge in [-0.2, -0.15) is 0 Å². The molecule has 5 nitrogen and oxygen atoms in total. The van der Waals surface area contributed by atoms with Crippen molar-refractivity contribution in [2.45, 2.75) is 13.0 Å². The van der Waals surface area contributed by atoms with Gasteiger partial charge < -0.3 is 20.3 Å². The number of morpholine rings is 1. The van der Waals surface area contributed by atoms with Gasteiger partial charge in [0.05, 0.1) is 13.2 Å². The molecule has 3 rings (SSSR count). The zero-order valence-corrected chi connectivity index (χ0v) is 15.3. The zero-order valence-electron chi connectivity index (χ0n) is 15.3. The van der Waals surface area contributed by atoms with E-state index in [2.05, 4.69) is 10.2 Å². The first-order valence-electron chi connectivity index (χ1n) is 9.04. The van der Waals surface area contributed by atoms with Crippen LogP contribution in [-0.2, 0) is 9.53 Å². The topological polar surface area (TPSA) is 58.2 Å². The number of ether oxygens (including phenoxy) is 1. The number of nitrogens with two attached hydrogens (primary N) is 1. The van der Waals surface area contributed by atoms with Crippen LogP contribution in [0.2, 0.25) is 0 Å². The fourth-order valence-electron chi connectivity index (χ4n) is 3.00. The van der Waals surface area contributed by atoms with Gasteiger partial charge in [-0.25, -0.2) is 8.78 Å². The van der Waals surface area contributed by atoms with E-state index in [1.807, 2.05) is 31.2 Å². The zero-order chi connectivity index (χ0) is 19.2. The Morgan fingerprint density at radius 2 is 1.85 bits per heavy atom. The van der Waals surface area contributed by atoms with E-state index in [1.54, 1.807) is 5.32 Å². The number of nitrogens with zero attached hydrogens (tertiary/aromatic N) is 1. The summed E-state index contributed by atoms with van der Waals surface area (Å²) >= 11 is 0. The number of hydrogen-bond acceptors (Lipinski definition) is 3. The Labute approximate surface area is 157 Å². The van der Waals surface area contributed by atoms with Crippen molar-refractivity contribution in [3.05, 3.63) is 59.7 Å². The summed E-state index contributed by atoms with van der Waals surface area (Å²) in [5, 5.41) is 4.63. The van der Waals surface area contributed by atoms with E-state index in [0.717, 1.165) is 43.7 Å². The summed E-state index contributed by atoms with van der Waals surface area (Å²) < 4.78 is 31.7. The number of quaternary nitrogens is 1. The molecule has 0 spiro atoms. The van der Waals surface area contributed by atoms with E-state index >= 15 is 0 Å². The number of nitrogens with one attached hydrogen (secondary N) is 1. The average Bonchev–Trinajstić information content (AvgIpc) is 2.69.